The Balaban J connectivity index is 1.82. The van der Waals surface area contributed by atoms with Crippen molar-refractivity contribution in [1.29, 1.82) is 0 Å². The van der Waals surface area contributed by atoms with Gasteiger partial charge in [-0.05, 0) is 12.1 Å². The van der Waals surface area contributed by atoms with Gasteiger partial charge in [-0.15, -0.1) is 0 Å². The molecule has 0 aliphatic heterocycles. The van der Waals surface area contributed by atoms with E-state index in [-0.39, 0.29) is 41.0 Å². The minimum atomic E-state index is -1.19. The Labute approximate surface area is 155 Å². The monoisotopic (exact) mass is 385 g/mol. The number of H-pyrrole nitrogens is 2. The molecular formula is C17H15N5O6. The molecule has 3 rings (SSSR count). The summed E-state index contributed by atoms with van der Waals surface area (Å²) in [6, 6.07) is 5.91. The number of benzene rings is 1. The van der Waals surface area contributed by atoms with E-state index < -0.39 is 28.7 Å². The molecule has 144 valence electrons. The molecule has 11 nitrogen and oxygen atoms in total. The van der Waals surface area contributed by atoms with Gasteiger partial charge in [0.1, 0.15) is 11.3 Å². The number of hydrogen-bond donors (Lipinski definition) is 4. The summed E-state index contributed by atoms with van der Waals surface area (Å²) in [5.74, 6) is -1.71. The Morgan fingerprint density at radius 2 is 1.86 bits per heavy atom. The van der Waals surface area contributed by atoms with Crippen LogP contribution in [0.1, 0.15) is 22.5 Å². The minimum absolute atomic E-state index is 0.0256. The number of fused-ring (bicyclic) bond motifs is 1. The molecule has 2 aromatic heterocycles. The lowest BCUT2D eigenvalue weighted by molar-refractivity contribution is -0.116. The fourth-order valence-corrected chi connectivity index (χ4v) is 2.61. The lowest BCUT2D eigenvalue weighted by Gasteiger charge is -2.08. The van der Waals surface area contributed by atoms with Crippen molar-refractivity contribution in [3.63, 3.8) is 0 Å². The molecule has 0 saturated carbocycles. The van der Waals surface area contributed by atoms with Gasteiger partial charge in [0.2, 0.25) is 5.91 Å². The van der Waals surface area contributed by atoms with Gasteiger partial charge in [-0.3, -0.25) is 23.9 Å². The molecule has 0 spiro atoms. The number of hydrogen-bond acceptors (Lipinski definition) is 6. The molecule has 4 N–H and O–H groups in total. The third kappa shape index (κ3) is 3.58. The highest BCUT2D eigenvalue weighted by Gasteiger charge is 2.15. The Morgan fingerprint density at radius 3 is 2.57 bits per heavy atom. The van der Waals surface area contributed by atoms with Gasteiger partial charge in [-0.2, -0.15) is 0 Å². The summed E-state index contributed by atoms with van der Waals surface area (Å²) < 4.78 is 1.05. The van der Waals surface area contributed by atoms with E-state index in [9.17, 15) is 24.0 Å². The van der Waals surface area contributed by atoms with Crippen molar-refractivity contribution in [2.24, 2.45) is 7.05 Å². The minimum Gasteiger partial charge on any atom is -0.478 e. The molecule has 0 atom stereocenters. The number of aromatic nitrogens is 4. The van der Waals surface area contributed by atoms with E-state index in [4.69, 9.17) is 5.11 Å². The Morgan fingerprint density at radius 1 is 1.14 bits per heavy atom. The maximum atomic E-state index is 12.2. The van der Waals surface area contributed by atoms with Gasteiger partial charge in [0, 0.05) is 19.9 Å². The zero-order valence-electron chi connectivity index (χ0n) is 14.6. The number of carboxylic acid groups (broad SMARTS) is 1. The summed E-state index contributed by atoms with van der Waals surface area (Å²) in [6.07, 6.45) is -0.256. The third-order valence-corrected chi connectivity index (χ3v) is 4.06. The summed E-state index contributed by atoms with van der Waals surface area (Å²) in [7, 11) is 1.37. The Hall–Kier alpha value is -4.02. The van der Waals surface area contributed by atoms with Crippen LogP contribution in [0.3, 0.4) is 0 Å². The van der Waals surface area contributed by atoms with Gasteiger partial charge in [0.15, 0.2) is 5.52 Å². The number of nitrogens with one attached hydrogen (secondary N) is 3. The SMILES string of the molecule is Cn1c(=O)[nH]c(=O)c2nc(CCC(=O)Nc3ccccc3C(=O)O)c(=O)[nH]c21. The van der Waals surface area contributed by atoms with E-state index in [0.717, 1.165) is 4.57 Å². The van der Waals surface area contributed by atoms with Crippen molar-refractivity contribution >= 4 is 28.7 Å². The molecule has 1 amide bonds. The fourth-order valence-electron chi connectivity index (χ4n) is 2.61. The number of aryl methyl sites for hydroxylation is 2. The molecule has 2 heterocycles. The van der Waals surface area contributed by atoms with Crippen LogP contribution in [0.5, 0.6) is 0 Å². The van der Waals surface area contributed by atoms with Crippen LogP contribution in [0.25, 0.3) is 11.2 Å². The number of aromatic amines is 2. The van der Waals surface area contributed by atoms with Crippen LogP contribution in [0, 0.1) is 0 Å². The zero-order valence-corrected chi connectivity index (χ0v) is 14.6. The average Bonchev–Trinajstić information content (AvgIpc) is 2.65. The van der Waals surface area contributed by atoms with Crippen molar-refractivity contribution in [1.82, 2.24) is 19.5 Å². The number of rotatable bonds is 5. The van der Waals surface area contributed by atoms with E-state index in [1.54, 1.807) is 6.07 Å². The predicted octanol–water partition coefficient (Wildman–Crippen LogP) is -0.420. The molecule has 3 aromatic rings. The normalized spacial score (nSPS) is 10.8. The smallest absolute Gasteiger partial charge is 0.337 e. The van der Waals surface area contributed by atoms with Gasteiger partial charge in [0.05, 0.1) is 11.3 Å². The van der Waals surface area contributed by atoms with Crippen LogP contribution in [-0.4, -0.2) is 36.5 Å². The van der Waals surface area contributed by atoms with Crippen molar-refractivity contribution < 1.29 is 14.7 Å². The highest BCUT2D eigenvalue weighted by molar-refractivity contribution is 6.00. The van der Waals surface area contributed by atoms with Crippen LogP contribution < -0.4 is 22.1 Å². The number of carboxylic acids is 1. The number of amides is 1. The summed E-state index contributed by atoms with van der Waals surface area (Å²) in [5.41, 5.74) is -2.23. The number of aromatic carboxylic acids is 1. The maximum Gasteiger partial charge on any atom is 0.337 e. The second kappa shape index (κ2) is 7.31. The summed E-state index contributed by atoms with van der Waals surface area (Å²) in [4.78, 5) is 67.4. The van der Waals surface area contributed by atoms with E-state index in [1.807, 2.05) is 0 Å². The zero-order chi connectivity index (χ0) is 20.4. The van der Waals surface area contributed by atoms with Crippen LogP contribution in [0.4, 0.5) is 5.69 Å². The largest absolute Gasteiger partial charge is 0.478 e. The van der Waals surface area contributed by atoms with Gasteiger partial charge < -0.3 is 15.4 Å². The van der Waals surface area contributed by atoms with Gasteiger partial charge in [-0.25, -0.2) is 14.6 Å². The topological polar surface area (TPSA) is 167 Å². The summed E-state index contributed by atoms with van der Waals surface area (Å²) >= 11 is 0. The highest BCUT2D eigenvalue weighted by Crippen LogP contribution is 2.15. The first-order valence-electron chi connectivity index (χ1n) is 8.12. The molecule has 0 aliphatic carbocycles. The van der Waals surface area contributed by atoms with Crippen molar-refractivity contribution in [3.05, 3.63) is 66.7 Å². The highest BCUT2D eigenvalue weighted by atomic mass is 16.4. The van der Waals surface area contributed by atoms with Gasteiger partial charge >= 0.3 is 11.7 Å². The molecule has 28 heavy (non-hydrogen) atoms. The average molecular weight is 385 g/mol. The van der Waals surface area contributed by atoms with E-state index in [2.05, 4.69) is 20.3 Å². The molecule has 0 unspecified atom stereocenters. The number of anilines is 1. The fraction of sp³-hybridized carbons (Fsp3) is 0.176. The molecule has 0 bridgehead atoms. The maximum absolute atomic E-state index is 12.2. The second-order valence-electron chi connectivity index (χ2n) is 5.93. The molecule has 1 aromatic carbocycles. The summed E-state index contributed by atoms with van der Waals surface area (Å²) in [6.45, 7) is 0. The van der Waals surface area contributed by atoms with Crippen molar-refractivity contribution in [2.45, 2.75) is 12.8 Å². The quantitative estimate of drug-likeness (QED) is 0.462. The van der Waals surface area contributed by atoms with E-state index >= 15 is 0 Å². The number of para-hydroxylation sites is 1. The molecule has 0 saturated heterocycles. The van der Waals surface area contributed by atoms with Crippen molar-refractivity contribution in [3.8, 4) is 0 Å². The van der Waals surface area contributed by atoms with Gasteiger partial charge in [0.25, 0.3) is 11.1 Å². The molecule has 0 fully saturated rings. The lowest BCUT2D eigenvalue weighted by Crippen LogP contribution is -2.32. The number of carbonyl (C=O) groups is 2. The first kappa shape index (κ1) is 18.8. The lowest BCUT2D eigenvalue weighted by atomic mass is 10.1. The third-order valence-electron chi connectivity index (χ3n) is 4.06. The summed E-state index contributed by atoms with van der Waals surface area (Å²) in [5, 5.41) is 11.6. The number of nitrogens with zero attached hydrogens (tertiary/aromatic N) is 2. The first-order chi connectivity index (χ1) is 13.3. The van der Waals surface area contributed by atoms with Crippen LogP contribution in [0.15, 0.2) is 38.6 Å². The second-order valence-corrected chi connectivity index (χ2v) is 5.93. The molecule has 11 heteroatoms. The van der Waals surface area contributed by atoms with E-state index in [0.29, 0.717) is 0 Å². The first-order valence-corrected chi connectivity index (χ1v) is 8.12. The molecule has 0 aliphatic rings. The molecular weight excluding hydrogens is 370 g/mol. The Bertz CT molecular complexity index is 1270. The van der Waals surface area contributed by atoms with Crippen LogP contribution >= 0.6 is 0 Å². The van der Waals surface area contributed by atoms with Crippen LogP contribution in [0.2, 0.25) is 0 Å². The number of carbonyl (C=O) groups excluding carboxylic acids is 1. The van der Waals surface area contributed by atoms with E-state index in [1.165, 1.54) is 25.2 Å². The van der Waals surface area contributed by atoms with Crippen LogP contribution in [-0.2, 0) is 18.3 Å². The standard InChI is InChI=1S/C17H15N5O6/c1-22-13-12(15(25)21-17(22)28)19-10(14(24)20-13)6-7-11(23)18-9-5-3-2-4-8(9)16(26)27/h2-5H,6-7H2,1H3,(H,18,23)(H,20,24)(H,26,27)(H,21,25,28). The van der Waals surface area contributed by atoms with Gasteiger partial charge in [-0.1, -0.05) is 12.1 Å². The predicted molar refractivity (Wildman–Crippen MR) is 98.6 cm³/mol. The van der Waals surface area contributed by atoms with Crippen molar-refractivity contribution in [2.75, 3.05) is 5.32 Å². The molecule has 0 radical (unpaired) electrons. The Kier molecular flexibility index (Phi) is 4.90.